The van der Waals surface area contributed by atoms with Crippen LogP contribution in [0.3, 0.4) is 0 Å². The highest BCUT2D eigenvalue weighted by Gasteiger charge is 2.25. The summed E-state index contributed by atoms with van der Waals surface area (Å²) in [5.41, 5.74) is 0.861. The van der Waals surface area contributed by atoms with Gasteiger partial charge in [-0.15, -0.1) is 35.3 Å². The molecule has 1 N–H and O–H groups in total. The first-order chi connectivity index (χ1) is 14.7. The van der Waals surface area contributed by atoms with E-state index in [9.17, 15) is 4.79 Å². The van der Waals surface area contributed by atoms with Crippen LogP contribution in [0.15, 0.2) is 46.8 Å². The van der Waals surface area contributed by atoms with E-state index in [0.717, 1.165) is 63.1 Å². The Bertz CT molecular complexity index is 869. The smallest absolute Gasteiger partial charge is 0.265 e. The average molecular weight is 555 g/mol. The summed E-state index contributed by atoms with van der Waals surface area (Å²) < 4.78 is 5.51. The number of aliphatic imine (C=N–C) groups is 1. The summed E-state index contributed by atoms with van der Waals surface area (Å²) in [7, 11) is 1.84. The van der Waals surface area contributed by atoms with Crippen LogP contribution in [0.1, 0.15) is 11.3 Å². The Kier molecular flexibility index (Phi) is 8.97. The Morgan fingerprint density at radius 1 is 1.16 bits per heavy atom. The third kappa shape index (κ3) is 6.11. The zero-order valence-corrected chi connectivity index (χ0v) is 21.0. The molecular formula is C22H30IN5O2S. The van der Waals surface area contributed by atoms with Gasteiger partial charge in [-0.25, -0.2) is 0 Å². The Morgan fingerprint density at radius 3 is 2.71 bits per heavy atom. The van der Waals surface area contributed by atoms with Crippen molar-refractivity contribution in [3.05, 3.63) is 46.7 Å². The Labute approximate surface area is 205 Å². The molecule has 1 aromatic heterocycles. The molecule has 1 aromatic carbocycles. The van der Waals surface area contributed by atoms with Gasteiger partial charge in [-0.1, -0.05) is 18.2 Å². The van der Waals surface area contributed by atoms with E-state index >= 15 is 0 Å². The molecule has 168 valence electrons. The van der Waals surface area contributed by atoms with Crippen molar-refractivity contribution in [2.24, 2.45) is 4.99 Å². The van der Waals surface area contributed by atoms with Crippen LogP contribution in [-0.2, 0) is 11.3 Å². The van der Waals surface area contributed by atoms with Gasteiger partial charge in [-0.2, -0.15) is 0 Å². The van der Waals surface area contributed by atoms with Crippen molar-refractivity contribution in [2.75, 3.05) is 57.8 Å². The van der Waals surface area contributed by atoms with Crippen LogP contribution in [0.5, 0.6) is 5.75 Å². The molecular weight excluding hydrogens is 525 g/mol. The number of carbonyl (C=O) groups is 1. The highest BCUT2D eigenvalue weighted by molar-refractivity contribution is 14.0. The number of amides is 1. The van der Waals surface area contributed by atoms with Gasteiger partial charge in [0, 0.05) is 57.7 Å². The molecule has 0 bridgehead atoms. The number of thiophene rings is 1. The van der Waals surface area contributed by atoms with E-state index in [4.69, 9.17) is 4.74 Å². The second kappa shape index (κ2) is 11.7. The van der Waals surface area contributed by atoms with Crippen LogP contribution in [0.25, 0.3) is 0 Å². The van der Waals surface area contributed by atoms with E-state index in [1.165, 1.54) is 4.88 Å². The van der Waals surface area contributed by atoms with Gasteiger partial charge in [0.05, 0.1) is 5.69 Å². The number of para-hydroxylation sites is 2. The number of ether oxygens (including phenoxy) is 1. The Hall–Kier alpha value is -1.85. The maximum Gasteiger partial charge on any atom is 0.265 e. The molecule has 1 amide bonds. The maximum atomic E-state index is 12.3. The molecule has 2 aliphatic heterocycles. The molecule has 0 atom stereocenters. The monoisotopic (exact) mass is 555 g/mol. The predicted molar refractivity (Wildman–Crippen MR) is 137 cm³/mol. The van der Waals surface area contributed by atoms with Crippen molar-refractivity contribution in [1.82, 2.24) is 15.1 Å². The number of guanidine groups is 1. The lowest BCUT2D eigenvalue weighted by Crippen LogP contribution is -2.52. The summed E-state index contributed by atoms with van der Waals surface area (Å²) >= 11 is 1.82. The molecule has 2 aliphatic rings. The van der Waals surface area contributed by atoms with Crippen molar-refractivity contribution in [3.63, 3.8) is 0 Å². The van der Waals surface area contributed by atoms with Crippen molar-refractivity contribution in [3.8, 4) is 5.75 Å². The van der Waals surface area contributed by atoms with Gasteiger partial charge in [-0.3, -0.25) is 14.7 Å². The van der Waals surface area contributed by atoms with E-state index in [2.05, 4.69) is 37.6 Å². The van der Waals surface area contributed by atoms with Gasteiger partial charge in [0.1, 0.15) is 5.75 Å². The molecule has 1 saturated heterocycles. The van der Waals surface area contributed by atoms with Crippen molar-refractivity contribution < 1.29 is 9.53 Å². The molecule has 31 heavy (non-hydrogen) atoms. The Balaban J connectivity index is 0.00000272. The number of hydrogen-bond acceptors (Lipinski definition) is 5. The lowest BCUT2D eigenvalue weighted by atomic mass is 10.2. The minimum atomic E-state index is 0. The fourth-order valence-corrected chi connectivity index (χ4v) is 4.66. The van der Waals surface area contributed by atoms with Crippen LogP contribution in [-0.4, -0.2) is 74.6 Å². The minimum absolute atomic E-state index is 0. The minimum Gasteiger partial charge on any atom is -0.482 e. The standard InChI is InChI=1S/C22H29N5O2S.HI/c1-23-22(26-13-11-25(12-14-26)16-18-6-4-15-30-18)24-9-5-10-27-19-7-2-3-8-20(19)29-17-21(27)28;/h2-4,6-8,15H,5,9-14,16-17H2,1H3,(H,23,24);1H. The fourth-order valence-electron chi connectivity index (χ4n) is 3.91. The van der Waals surface area contributed by atoms with Crippen LogP contribution in [0.4, 0.5) is 5.69 Å². The number of nitrogens with one attached hydrogen (secondary N) is 1. The summed E-state index contributed by atoms with van der Waals surface area (Å²) in [5.74, 6) is 1.74. The lowest BCUT2D eigenvalue weighted by Gasteiger charge is -2.36. The normalized spacial score (nSPS) is 17.1. The fraction of sp³-hybridized carbons (Fsp3) is 0.455. The number of halogens is 1. The van der Waals surface area contributed by atoms with E-state index in [1.54, 1.807) is 0 Å². The summed E-state index contributed by atoms with van der Waals surface area (Å²) in [6.45, 7) is 6.61. The van der Waals surface area contributed by atoms with Gasteiger partial charge in [0.25, 0.3) is 5.91 Å². The van der Waals surface area contributed by atoms with E-state index in [1.807, 2.05) is 47.5 Å². The van der Waals surface area contributed by atoms with Crippen molar-refractivity contribution >= 4 is 52.9 Å². The third-order valence-electron chi connectivity index (χ3n) is 5.49. The number of nitrogens with zero attached hydrogens (tertiary/aromatic N) is 4. The molecule has 9 heteroatoms. The second-order valence-corrected chi connectivity index (χ2v) is 8.50. The maximum absolute atomic E-state index is 12.3. The van der Waals surface area contributed by atoms with E-state index in [0.29, 0.717) is 6.54 Å². The molecule has 0 unspecified atom stereocenters. The van der Waals surface area contributed by atoms with Crippen LogP contribution < -0.4 is 15.0 Å². The van der Waals surface area contributed by atoms with Crippen LogP contribution in [0.2, 0.25) is 0 Å². The van der Waals surface area contributed by atoms with Crippen LogP contribution >= 0.6 is 35.3 Å². The number of benzene rings is 1. The quantitative estimate of drug-likeness (QED) is 0.257. The lowest BCUT2D eigenvalue weighted by molar-refractivity contribution is -0.121. The zero-order valence-electron chi connectivity index (χ0n) is 17.8. The molecule has 1 fully saturated rings. The second-order valence-electron chi connectivity index (χ2n) is 7.47. The molecule has 0 radical (unpaired) electrons. The van der Waals surface area contributed by atoms with Gasteiger partial charge in [0.2, 0.25) is 0 Å². The summed E-state index contributed by atoms with van der Waals surface area (Å²) in [6, 6.07) is 12.0. The third-order valence-corrected chi connectivity index (χ3v) is 6.35. The first kappa shape index (κ1) is 23.8. The summed E-state index contributed by atoms with van der Waals surface area (Å²) in [6.07, 6.45) is 0.845. The molecule has 0 aliphatic carbocycles. The molecule has 0 saturated carbocycles. The number of piperazine rings is 1. The summed E-state index contributed by atoms with van der Waals surface area (Å²) in [4.78, 5) is 24.8. The van der Waals surface area contributed by atoms with E-state index in [-0.39, 0.29) is 36.5 Å². The van der Waals surface area contributed by atoms with Crippen molar-refractivity contribution in [2.45, 2.75) is 13.0 Å². The zero-order chi connectivity index (χ0) is 20.8. The highest BCUT2D eigenvalue weighted by atomic mass is 127. The van der Waals surface area contributed by atoms with Crippen molar-refractivity contribution in [1.29, 1.82) is 0 Å². The molecule has 3 heterocycles. The van der Waals surface area contributed by atoms with Gasteiger partial charge in [0.15, 0.2) is 12.6 Å². The largest absolute Gasteiger partial charge is 0.482 e. The summed E-state index contributed by atoms with van der Waals surface area (Å²) in [5, 5.41) is 5.61. The topological polar surface area (TPSA) is 60.4 Å². The highest BCUT2D eigenvalue weighted by Crippen LogP contribution is 2.31. The molecule has 2 aromatic rings. The number of fused-ring (bicyclic) bond motifs is 1. The van der Waals surface area contributed by atoms with Gasteiger partial charge >= 0.3 is 0 Å². The predicted octanol–water partition coefficient (Wildman–Crippen LogP) is 2.87. The number of rotatable bonds is 6. The Morgan fingerprint density at radius 2 is 1.97 bits per heavy atom. The van der Waals surface area contributed by atoms with E-state index < -0.39 is 0 Å². The number of carbonyl (C=O) groups excluding carboxylic acids is 1. The molecule has 7 nitrogen and oxygen atoms in total. The first-order valence-electron chi connectivity index (χ1n) is 10.5. The molecule has 0 spiro atoms. The average Bonchev–Trinajstić information content (AvgIpc) is 3.29. The van der Waals surface area contributed by atoms with Crippen LogP contribution in [0, 0.1) is 0 Å². The van der Waals surface area contributed by atoms with Gasteiger partial charge in [-0.05, 0) is 30.0 Å². The first-order valence-corrected chi connectivity index (χ1v) is 11.3. The number of anilines is 1. The SMILES string of the molecule is CN=C(NCCCN1C(=O)COc2ccccc21)N1CCN(Cc2cccs2)CC1.I. The van der Waals surface area contributed by atoms with Gasteiger partial charge < -0.3 is 19.9 Å². The number of hydrogen-bond donors (Lipinski definition) is 1. The molecule has 4 rings (SSSR count).